The number of halogens is 1. The highest BCUT2D eigenvalue weighted by molar-refractivity contribution is 5.84. The first-order valence-corrected chi connectivity index (χ1v) is 8.81. The Balaban J connectivity index is 1.77. The van der Waals surface area contributed by atoms with Gasteiger partial charge in [0.2, 0.25) is 0 Å². The highest BCUT2D eigenvalue weighted by Gasteiger charge is 2.13. The van der Waals surface area contributed by atoms with Gasteiger partial charge < -0.3 is 9.47 Å². The van der Waals surface area contributed by atoms with Crippen molar-refractivity contribution < 1.29 is 4.39 Å². The summed E-state index contributed by atoms with van der Waals surface area (Å²) in [6.07, 6.45) is 5.99. The molecule has 4 rings (SSSR count). The molecule has 27 heavy (non-hydrogen) atoms. The predicted octanol–water partition coefficient (Wildman–Crippen LogP) is 2.80. The Morgan fingerprint density at radius 1 is 1.11 bits per heavy atom. The lowest BCUT2D eigenvalue weighted by atomic mass is 10.1. The lowest BCUT2D eigenvalue weighted by Gasteiger charge is -2.11. The Morgan fingerprint density at radius 3 is 2.63 bits per heavy atom. The van der Waals surface area contributed by atoms with Crippen LogP contribution in [0.4, 0.5) is 4.39 Å². The molecule has 0 saturated carbocycles. The molecule has 0 unspecified atom stereocenters. The normalized spacial score (nSPS) is 11.7. The molecule has 0 spiro atoms. The molecule has 0 bridgehead atoms. The van der Waals surface area contributed by atoms with Crippen LogP contribution in [-0.4, -0.2) is 44.7 Å². The third kappa shape index (κ3) is 3.21. The van der Waals surface area contributed by atoms with Crippen LogP contribution in [0.3, 0.4) is 0 Å². The van der Waals surface area contributed by atoms with Gasteiger partial charge in [-0.15, -0.1) is 0 Å². The minimum Gasteiger partial charge on any atom is -0.315 e. The molecular formula is C20H20FN5O. The fourth-order valence-electron chi connectivity index (χ4n) is 3.22. The number of rotatable bonds is 5. The largest absolute Gasteiger partial charge is 0.315 e. The number of hydrogen-bond acceptors (Lipinski definition) is 4. The van der Waals surface area contributed by atoms with Crippen LogP contribution in [-0.2, 0) is 6.54 Å². The van der Waals surface area contributed by atoms with Crippen LogP contribution in [0, 0.1) is 5.82 Å². The van der Waals surface area contributed by atoms with Crippen molar-refractivity contribution in [2.75, 3.05) is 20.6 Å². The second-order valence-electron chi connectivity index (χ2n) is 6.83. The predicted molar refractivity (Wildman–Crippen MR) is 103 cm³/mol. The number of pyridine rings is 1. The molecule has 0 aliphatic rings. The number of aryl methyl sites for hydroxylation is 1. The molecule has 0 amide bonds. The van der Waals surface area contributed by atoms with Gasteiger partial charge in [0.15, 0.2) is 5.65 Å². The highest BCUT2D eigenvalue weighted by Crippen LogP contribution is 2.25. The maximum atomic E-state index is 13.2. The summed E-state index contributed by atoms with van der Waals surface area (Å²) in [5.41, 5.74) is 2.91. The van der Waals surface area contributed by atoms with Crippen LogP contribution in [0.5, 0.6) is 0 Å². The van der Waals surface area contributed by atoms with Crippen LogP contribution < -0.4 is 5.56 Å². The number of nitrogens with zero attached hydrogens (tertiary/aromatic N) is 5. The zero-order valence-electron chi connectivity index (χ0n) is 15.3. The topological polar surface area (TPSA) is 55.4 Å². The van der Waals surface area contributed by atoms with Gasteiger partial charge in [-0.25, -0.2) is 13.9 Å². The summed E-state index contributed by atoms with van der Waals surface area (Å²) in [7, 11) is 4.03. The lowest BCUT2D eigenvalue weighted by Crippen LogP contribution is -2.23. The third-order valence-corrected chi connectivity index (χ3v) is 4.63. The first-order valence-electron chi connectivity index (χ1n) is 8.81. The first-order chi connectivity index (χ1) is 13.0. The first kappa shape index (κ1) is 17.4. The summed E-state index contributed by atoms with van der Waals surface area (Å²) in [6.45, 7) is 1.58. The van der Waals surface area contributed by atoms with Gasteiger partial charge in [-0.1, -0.05) is 12.1 Å². The molecule has 0 radical (unpaired) electrons. The molecule has 1 aromatic carbocycles. The van der Waals surface area contributed by atoms with E-state index >= 15 is 0 Å². The maximum Gasteiger partial charge on any atom is 0.261 e. The van der Waals surface area contributed by atoms with Gasteiger partial charge in [-0.3, -0.25) is 4.79 Å². The van der Waals surface area contributed by atoms with E-state index in [1.807, 2.05) is 20.2 Å². The van der Waals surface area contributed by atoms with E-state index in [0.29, 0.717) is 23.1 Å². The minimum absolute atomic E-state index is 0.0699. The lowest BCUT2D eigenvalue weighted by molar-refractivity contribution is 0.385. The van der Waals surface area contributed by atoms with Crippen molar-refractivity contribution in [2.24, 2.45) is 0 Å². The van der Waals surface area contributed by atoms with Gasteiger partial charge in [-0.2, -0.15) is 5.10 Å². The molecular weight excluding hydrogens is 345 g/mol. The molecule has 0 saturated heterocycles. The zero-order chi connectivity index (χ0) is 19.0. The average Bonchev–Trinajstić information content (AvgIpc) is 3.08. The number of fused-ring (bicyclic) bond motifs is 3. The second-order valence-corrected chi connectivity index (χ2v) is 6.83. The fourth-order valence-corrected chi connectivity index (χ4v) is 3.22. The van der Waals surface area contributed by atoms with E-state index in [1.165, 1.54) is 12.1 Å². The standard InChI is InChI=1S/C20H20FN5O/c1-24(2)9-3-10-25-11-8-18-17(20(25)27)12-22-19-16(13-23-26(18)19)14-4-6-15(21)7-5-14/h4-8,11-13H,3,9-10H2,1-2H3. The van der Waals surface area contributed by atoms with Crippen LogP contribution in [0.1, 0.15) is 6.42 Å². The molecule has 0 aliphatic carbocycles. The monoisotopic (exact) mass is 365 g/mol. The fraction of sp³-hybridized carbons (Fsp3) is 0.250. The summed E-state index contributed by atoms with van der Waals surface area (Å²) in [5.74, 6) is -0.288. The Kier molecular flexibility index (Phi) is 4.45. The van der Waals surface area contributed by atoms with E-state index in [0.717, 1.165) is 24.1 Å². The summed E-state index contributed by atoms with van der Waals surface area (Å²) >= 11 is 0. The SMILES string of the molecule is CN(C)CCCn1ccc2c(cnc3c(-c4ccc(F)cc4)cnn32)c1=O. The van der Waals surface area contributed by atoms with Gasteiger partial charge in [-0.05, 0) is 50.8 Å². The number of benzene rings is 1. The Labute approximate surface area is 155 Å². The van der Waals surface area contributed by atoms with E-state index in [4.69, 9.17) is 0 Å². The van der Waals surface area contributed by atoms with Crippen LogP contribution in [0.15, 0.2) is 53.7 Å². The molecule has 3 aromatic heterocycles. The minimum atomic E-state index is -0.288. The summed E-state index contributed by atoms with van der Waals surface area (Å²) in [4.78, 5) is 19.3. The summed E-state index contributed by atoms with van der Waals surface area (Å²) in [6, 6.07) is 8.10. The third-order valence-electron chi connectivity index (χ3n) is 4.63. The van der Waals surface area contributed by atoms with E-state index in [1.54, 1.807) is 39.8 Å². The molecule has 4 aromatic rings. The molecule has 6 nitrogen and oxygen atoms in total. The van der Waals surface area contributed by atoms with Crippen molar-refractivity contribution in [3.8, 4) is 11.1 Å². The van der Waals surface area contributed by atoms with Crippen molar-refractivity contribution in [3.05, 3.63) is 65.1 Å². The van der Waals surface area contributed by atoms with Crippen LogP contribution >= 0.6 is 0 Å². The smallest absolute Gasteiger partial charge is 0.261 e. The van der Waals surface area contributed by atoms with Crippen molar-refractivity contribution in [2.45, 2.75) is 13.0 Å². The van der Waals surface area contributed by atoms with E-state index in [2.05, 4.69) is 15.0 Å². The molecule has 0 N–H and O–H groups in total. The van der Waals surface area contributed by atoms with Gasteiger partial charge in [0.05, 0.1) is 17.1 Å². The van der Waals surface area contributed by atoms with Crippen molar-refractivity contribution in [1.82, 2.24) is 24.1 Å². The van der Waals surface area contributed by atoms with Crippen molar-refractivity contribution in [1.29, 1.82) is 0 Å². The average molecular weight is 365 g/mol. The highest BCUT2D eigenvalue weighted by atomic mass is 19.1. The quantitative estimate of drug-likeness (QED) is 0.546. The van der Waals surface area contributed by atoms with Gasteiger partial charge >= 0.3 is 0 Å². The Bertz CT molecular complexity index is 1160. The summed E-state index contributed by atoms with van der Waals surface area (Å²) in [5, 5.41) is 4.94. The van der Waals surface area contributed by atoms with E-state index < -0.39 is 0 Å². The zero-order valence-corrected chi connectivity index (χ0v) is 15.3. The van der Waals surface area contributed by atoms with Gasteiger partial charge in [0.25, 0.3) is 5.56 Å². The molecule has 3 heterocycles. The van der Waals surface area contributed by atoms with Gasteiger partial charge in [0.1, 0.15) is 5.82 Å². The number of hydrogen-bond donors (Lipinski definition) is 0. The molecule has 0 aliphatic heterocycles. The number of aromatic nitrogens is 4. The molecule has 138 valence electrons. The second kappa shape index (κ2) is 6.92. The van der Waals surface area contributed by atoms with Crippen molar-refractivity contribution in [3.63, 3.8) is 0 Å². The summed E-state index contributed by atoms with van der Waals surface area (Å²) < 4.78 is 16.6. The van der Waals surface area contributed by atoms with Crippen LogP contribution in [0.2, 0.25) is 0 Å². The van der Waals surface area contributed by atoms with Crippen LogP contribution in [0.25, 0.3) is 27.7 Å². The van der Waals surface area contributed by atoms with E-state index in [-0.39, 0.29) is 11.4 Å². The van der Waals surface area contributed by atoms with Crippen molar-refractivity contribution >= 4 is 16.6 Å². The molecule has 0 fully saturated rings. The Morgan fingerprint density at radius 2 is 1.89 bits per heavy atom. The van der Waals surface area contributed by atoms with E-state index in [9.17, 15) is 9.18 Å². The van der Waals surface area contributed by atoms with Gasteiger partial charge in [0, 0.05) is 24.5 Å². The Hall–Kier alpha value is -3.06. The maximum absolute atomic E-state index is 13.2. The molecule has 0 atom stereocenters. The molecule has 7 heteroatoms.